The van der Waals surface area contributed by atoms with Crippen LogP contribution in [0.3, 0.4) is 0 Å². The van der Waals surface area contributed by atoms with Crippen LogP contribution in [0.25, 0.3) is 0 Å². The third-order valence-electron chi connectivity index (χ3n) is 7.39. The molecule has 2 N–H and O–H groups in total. The number of rotatable bonds is 8. The molecule has 8 nitrogen and oxygen atoms in total. The lowest BCUT2D eigenvalue weighted by Crippen LogP contribution is -2.54. The van der Waals surface area contributed by atoms with E-state index in [0.717, 1.165) is 25.9 Å². The molecule has 1 aliphatic heterocycles. The van der Waals surface area contributed by atoms with Gasteiger partial charge in [0.25, 0.3) is 16.1 Å². The fourth-order valence-corrected chi connectivity index (χ4v) is 6.59. The Morgan fingerprint density at radius 1 is 1.00 bits per heavy atom. The number of para-hydroxylation sites is 1. The van der Waals surface area contributed by atoms with E-state index in [1.54, 1.807) is 23.5 Å². The van der Waals surface area contributed by atoms with Crippen LogP contribution in [0.4, 0.5) is 0 Å². The van der Waals surface area contributed by atoms with Gasteiger partial charge >= 0.3 is 0 Å². The molecule has 0 aromatic heterocycles. The molecular formula is C26H36N4O4S. The number of carbonyl (C=O) groups is 1. The second-order valence-corrected chi connectivity index (χ2v) is 11.3. The first-order valence-electron chi connectivity index (χ1n) is 12.3. The summed E-state index contributed by atoms with van der Waals surface area (Å²) in [4.78, 5) is 15.1. The predicted octanol–water partition coefficient (Wildman–Crippen LogP) is 2.39. The van der Waals surface area contributed by atoms with Crippen LogP contribution in [0.1, 0.15) is 41.6 Å². The predicted molar refractivity (Wildman–Crippen MR) is 137 cm³/mol. The minimum Gasteiger partial charge on any atom is -0.496 e. The average Bonchev–Trinajstić information content (AvgIpc) is 2.89. The molecule has 0 spiro atoms. The molecule has 2 aliphatic rings. The monoisotopic (exact) mass is 500 g/mol. The zero-order valence-electron chi connectivity index (χ0n) is 20.6. The van der Waals surface area contributed by atoms with Crippen molar-refractivity contribution in [3.05, 3.63) is 65.7 Å². The van der Waals surface area contributed by atoms with Crippen LogP contribution in [0.2, 0.25) is 0 Å². The van der Waals surface area contributed by atoms with Crippen LogP contribution in [-0.2, 0) is 15.6 Å². The van der Waals surface area contributed by atoms with Crippen molar-refractivity contribution < 1.29 is 17.9 Å². The summed E-state index contributed by atoms with van der Waals surface area (Å²) in [6.45, 7) is 3.00. The molecule has 1 aliphatic carbocycles. The van der Waals surface area contributed by atoms with Gasteiger partial charge in [0.15, 0.2) is 0 Å². The lowest BCUT2D eigenvalue weighted by atomic mass is 9.68. The molecule has 4 rings (SSSR count). The third-order valence-corrected chi connectivity index (χ3v) is 9.06. The molecule has 1 saturated heterocycles. The number of nitrogens with zero attached hydrogens (tertiary/aromatic N) is 2. The Morgan fingerprint density at radius 3 is 2.29 bits per heavy atom. The number of nitrogens with one attached hydrogen (secondary N) is 2. The van der Waals surface area contributed by atoms with Crippen molar-refractivity contribution in [1.29, 1.82) is 0 Å². The number of methoxy groups -OCH3 is 1. The molecule has 2 fully saturated rings. The first-order chi connectivity index (χ1) is 16.8. The van der Waals surface area contributed by atoms with Crippen molar-refractivity contribution in [3.63, 3.8) is 0 Å². The zero-order chi connectivity index (χ0) is 24.9. The maximum absolute atomic E-state index is 13.0. The van der Waals surface area contributed by atoms with E-state index >= 15 is 0 Å². The van der Waals surface area contributed by atoms with Gasteiger partial charge in [0.1, 0.15) is 5.75 Å². The quantitative estimate of drug-likeness (QED) is 0.581. The molecule has 1 heterocycles. The molecule has 0 unspecified atom stereocenters. The summed E-state index contributed by atoms with van der Waals surface area (Å²) in [6.07, 6.45) is 2.98. The van der Waals surface area contributed by atoms with Crippen LogP contribution in [-0.4, -0.2) is 76.5 Å². The van der Waals surface area contributed by atoms with Crippen molar-refractivity contribution in [3.8, 4) is 5.75 Å². The Hall–Kier alpha value is -2.46. The van der Waals surface area contributed by atoms with Crippen molar-refractivity contribution in [1.82, 2.24) is 19.2 Å². The number of carbonyl (C=O) groups excluding carboxylic acids is 1. The summed E-state index contributed by atoms with van der Waals surface area (Å²) in [5.74, 6) is 0.372. The number of hydrogen-bond donors (Lipinski definition) is 2. The Bertz CT molecular complexity index is 1090. The van der Waals surface area contributed by atoms with Gasteiger partial charge in [-0.3, -0.25) is 4.79 Å². The topological polar surface area (TPSA) is 91.0 Å². The van der Waals surface area contributed by atoms with Gasteiger partial charge in [0.2, 0.25) is 0 Å². The van der Waals surface area contributed by atoms with Crippen molar-refractivity contribution in [2.45, 2.75) is 37.1 Å². The highest BCUT2D eigenvalue weighted by Gasteiger charge is 2.39. The fourth-order valence-electron chi connectivity index (χ4n) is 5.14. The smallest absolute Gasteiger partial charge is 0.279 e. The highest BCUT2D eigenvalue weighted by Crippen LogP contribution is 2.39. The van der Waals surface area contributed by atoms with Crippen LogP contribution >= 0.6 is 0 Å². The van der Waals surface area contributed by atoms with Gasteiger partial charge in [-0.05, 0) is 50.4 Å². The number of amides is 1. The van der Waals surface area contributed by atoms with Crippen molar-refractivity contribution in [2.24, 2.45) is 0 Å². The van der Waals surface area contributed by atoms with Gasteiger partial charge in [0, 0.05) is 44.2 Å². The summed E-state index contributed by atoms with van der Waals surface area (Å²) < 4.78 is 35.8. The van der Waals surface area contributed by atoms with Gasteiger partial charge in [-0.15, -0.1) is 0 Å². The first-order valence-corrected chi connectivity index (χ1v) is 13.7. The molecule has 2 aromatic rings. The third kappa shape index (κ3) is 6.03. The van der Waals surface area contributed by atoms with Gasteiger partial charge in [-0.2, -0.15) is 17.4 Å². The summed E-state index contributed by atoms with van der Waals surface area (Å²) in [5.41, 5.74) is 1.42. The number of benzene rings is 2. The fraction of sp³-hybridized carbons (Fsp3) is 0.500. The van der Waals surface area contributed by atoms with E-state index in [9.17, 15) is 13.2 Å². The van der Waals surface area contributed by atoms with Gasteiger partial charge < -0.3 is 15.0 Å². The normalized spacial score (nSPS) is 24.1. The van der Waals surface area contributed by atoms with Crippen LogP contribution in [0, 0.1) is 0 Å². The van der Waals surface area contributed by atoms with E-state index in [2.05, 4.69) is 27.1 Å². The summed E-state index contributed by atoms with van der Waals surface area (Å²) in [7, 11) is 0.0612. The van der Waals surface area contributed by atoms with Gasteiger partial charge in [0.05, 0.1) is 12.7 Å². The maximum atomic E-state index is 13.0. The molecule has 35 heavy (non-hydrogen) atoms. The van der Waals surface area contributed by atoms with E-state index < -0.39 is 10.2 Å². The minimum atomic E-state index is -3.50. The molecule has 1 saturated carbocycles. The number of likely N-dealkylation sites (N-methyl/N-ethyl adjacent to an activating group) is 1. The Kier molecular flexibility index (Phi) is 8.11. The second kappa shape index (κ2) is 11.1. The molecule has 190 valence electrons. The van der Waals surface area contributed by atoms with E-state index in [1.165, 1.54) is 5.56 Å². The standard InChI is InChI=1S/C26H36N4O4S/c1-29-16-18-30(19-17-29)35(32,33)28-22-12-14-26(15-13-22,21-8-4-3-5-9-21)20-27-25(31)23-10-6-7-11-24(23)34-2/h3-11,22,28H,12-20H2,1-2H3,(H,27,31)/t22-,26-. The van der Waals surface area contributed by atoms with Crippen LogP contribution in [0.15, 0.2) is 54.6 Å². The molecule has 1 amide bonds. The summed E-state index contributed by atoms with van der Waals surface area (Å²) in [5, 5.41) is 3.13. The number of hydrogen-bond acceptors (Lipinski definition) is 5. The minimum absolute atomic E-state index is 0.110. The Morgan fingerprint density at radius 2 is 1.63 bits per heavy atom. The van der Waals surface area contributed by atoms with E-state index in [4.69, 9.17) is 4.74 Å². The first kappa shape index (κ1) is 25.6. The Labute approximate surface area is 208 Å². The molecule has 0 atom stereocenters. The number of piperazine rings is 1. The maximum Gasteiger partial charge on any atom is 0.279 e. The van der Waals surface area contributed by atoms with Crippen molar-refractivity contribution >= 4 is 16.1 Å². The number of ether oxygens (including phenoxy) is 1. The van der Waals surface area contributed by atoms with Crippen molar-refractivity contribution in [2.75, 3.05) is 46.9 Å². The molecule has 0 bridgehead atoms. The Balaban J connectivity index is 1.44. The van der Waals surface area contributed by atoms with E-state index in [0.29, 0.717) is 43.8 Å². The SMILES string of the molecule is COc1ccccc1C(=O)NC[C@]1(c2ccccc2)CC[C@H](NS(=O)(=O)N2CCN(C)CC2)CC1. The largest absolute Gasteiger partial charge is 0.496 e. The zero-order valence-corrected chi connectivity index (χ0v) is 21.4. The molecule has 0 radical (unpaired) electrons. The lowest BCUT2D eigenvalue weighted by molar-refractivity contribution is 0.0932. The van der Waals surface area contributed by atoms with Gasteiger partial charge in [-0.1, -0.05) is 42.5 Å². The molecule has 2 aromatic carbocycles. The van der Waals surface area contributed by atoms with Crippen LogP contribution < -0.4 is 14.8 Å². The van der Waals surface area contributed by atoms with Crippen LogP contribution in [0.5, 0.6) is 5.75 Å². The average molecular weight is 501 g/mol. The van der Waals surface area contributed by atoms with E-state index in [1.807, 2.05) is 37.4 Å². The summed E-state index contributed by atoms with van der Waals surface area (Å²) >= 11 is 0. The lowest BCUT2D eigenvalue weighted by Gasteiger charge is -2.41. The summed E-state index contributed by atoms with van der Waals surface area (Å²) in [6, 6.07) is 17.3. The molecular weight excluding hydrogens is 464 g/mol. The molecule has 9 heteroatoms. The second-order valence-electron chi connectivity index (χ2n) is 9.63. The highest BCUT2D eigenvalue weighted by molar-refractivity contribution is 7.87. The van der Waals surface area contributed by atoms with E-state index in [-0.39, 0.29) is 17.4 Å². The highest BCUT2D eigenvalue weighted by atomic mass is 32.2. The van der Waals surface area contributed by atoms with Gasteiger partial charge in [-0.25, -0.2) is 0 Å².